The summed E-state index contributed by atoms with van der Waals surface area (Å²) in [6.07, 6.45) is 1.33. The van der Waals surface area contributed by atoms with Gasteiger partial charge in [-0.25, -0.2) is 4.79 Å². The van der Waals surface area contributed by atoms with E-state index in [0.717, 1.165) is 17.0 Å². The van der Waals surface area contributed by atoms with E-state index in [-0.39, 0.29) is 6.09 Å². The molecule has 0 atom stereocenters. The van der Waals surface area contributed by atoms with Crippen molar-refractivity contribution >= 4 is 29.1 Å². The summed E-state index contributed by atoms with van der Waals surface area (Å²) >= 11 is 5.24. The number of carbonyl (C=O) groups is 1. The van der Waals surface area contributed by atoms with Gasteiger partial charge in [0, 0.05) is 12.2 Å². The van der Waals surface area contributed by atoms with Crippen LogP contribution in [0.3, 0.4) is 0 Å². The number of amides is 1. The van der Waals surface area contributed by atoms with E-state index in [1.165, 1.54) is 0 Å². The summed E-state index contributed by atoms with van der Waals surface area (Å²) in [6, 6.07) is 11.5. The molecule has 3 rings (SSSR count). The summed E-state index contributed by atoms with van der Waals surface area (Å²) in [5, 5.41) is 6.76. The maximum atomic E-state index is 11.6. The van der Waals surface area contributed by atoms with Crippen LogP contribution in [0, 0.1) is 0 Å². The highest BCUT2D eigenvalue weighted by Gasteiger charge is 2.23. The summed E-state index contributed by atoms with van der Waals surface area (Å²) < 4.78 is 10.2. The van der Waals surface area contributed by atoms with E-state index in [0.29, 0.717) is 31.4 Å². The lowest BCUT2D eigenvalue weighted by atomic mass is 10.2. The van der Waals surface area contributed by atoms with Crippen LogP contribution in [-0.4, -0.2) is 24.4 Å². The Balaban J connectivity index is 1.51. The highest BCUT2D eigenvalue weighted by molar-refractivity contribution is 7.80. The normalized spacial score (nSPS) is 13.7. The molecule has 7 heteroatoms. The van der Waals surface area contributed by atoms with Crippen LogP contribution in [0.4, 0.5) is 10.5 Å². The van der Waals surface area contributed by atoms with Crippen molar-refractivity contribution in [1.29, 1.82) is 0 Å². The monoisotopic (exact) mass is 331 g/mol. The van der Waals surface area contributed by atoms with Crippen LogP contribution in [0.1, 0.15) is 11.3 Å². The van der Waals surface area contributed by atoms with Gasteiger partial charge in [0.05, 0.1) is 19.4 Å². The van der Waals surface area contributed by atoms with Gasteiger partial charge in [-0.2, -0.15) is 0 Å². The minimum Gasteiger partial charge on any atom is -0.467 e. The van der Waals surface area contributed by atoms with E-state index in [2.05, 4.69) is 10.6 Å². The Morgan fingerprint density at radius 1 is 1.22 bits per heavy atom. The molecule has 1 amide bonds. The standard InChI is InChI=1S/C16H17N3O3S/c20-16-19(6-8-22-16)13-4-1-3-12(9-13)10-17-15(23)18-11-14-5-2-7-21-14/h1-5,7,9H,6,8,10-11H2,(H2,17,18,23). The number of nitrogens with one attached hydrogen (secondary N) is 2. The summed E-state index contributed by atoms with van der Waals surface area (Å²) in [4.78, 5) is 13.2. The van der Waals surface area contributed by atoms with Gasteiger partial charge in [0.25, 0.3) is 0 Å². The van der Waals surface area contributed by atoms with Gasteiger partial charge in [0.1, 0.15) is 12.4 Å². The van der Waals surface area contributed by atoms with Crippen LogP contribution >= 0.6 is 12.2 Å². The molecule has 1 aromatic carbocycles. The number of cyclic esters (lactones) is 1. The summed E-state index contributed by atoms with van der Waals surface area (Å²) in [5.74, 6) is 0.823. The van der Waals surface area contributed by atoms with E-state index in [1.54, 1.807) is 11.2 Å². The highest BCUT2D eigenvalue weighted by Crippen LogP contribution is 2.19. The van der Waals surface area contributed by atoms with Crippen molar-refractivity contribution in [3.63, 3.8) is 0 Å². The van der Waals surface area contributed by atoms with E-state index < -0.39 is 0 Å². The van der Waals surface area contributed by atoms with Crippen LogP contribution in [0.2, 0.25) is 0 Å². The second kappa shape index (κ2) is 7.15. The number of rotatable bonds is 5. The minimum atomic E-state index is -0.300. The molecule has 1 saturated heterocycles. The molecular formula is C16H17N3O3S. The Hall–Kier alpha value is -2.54. The van der Waals surface area contributed by atoms with Crippen LogP contribution < -0.4 is 15.5 Å². The fourth-order valence-corrected chi connectivity index (χ4v) is 2.43. The first-order valence-electron chi connectivity index (χ1n) is 7.30. The molecule has 0 bridgehead atoms. The Bertz CT molecular complexity index is 688. The number of furan rings is 1. The van der Waals surface area contributed by atoms with Gasteiger partial charge in [0.2, 0.25) is 0 Å². The first kappa shape index (κ1) is 15.4. The van der Waals surface area contributed by atoms with E-state index >= 15 is 0 Å². The van der Waals surface area contributed by atoms with Crippen molar-refractivity contribution < 1.29 is 13.9 Å². The maximum absolute atomic E-state index is 11.6. The quantitative estimate of drug-likeness (QED) is 0.820. The third kappa shape index (κ3) is 4.01. The molecule has 1 fully saturated rings. The van der Waals surface area contributed by atoms with Crippen molar-refractivity contribution in [1.82, 2.24) is 10.6 Å². The van der Waals surface area contributed by atoms with Gasteiger partial charge in [-0.3, -0.25) is 4.90 Å². The average molecular weight is 331 g/mol. The average Bonchev–Trinajstić information content (AvgIpc) is 3.22. The number of carbonyl (C=O) groups excluding carboxylic acids is 1. The molecule has 1 aromatic heterocycles. The van der Waals surface area contributed by atoms with Gasteiger partial charge >= 0.3 is 6.09 Å². The first-order chi connectivity index (χ1) is 11.2. The fourth-order valence-electron chi connectivity index (χ4n) is 2.29. The Morgan fingerprint density at radius 3 is 2.83 bits per heavy atom. The van der Waals surface area contributed by atoms with Crippen molar-refractivity contribution in [3.05, 3.63) is 54.0 Å². The molecule has 120 valence electrons. The Morgan fingerprint density at radius 2 is 2.09 bits per heavy atom. The van der Waals surface area contributed by atoms with E-state index in [4.69, 9.17) is 21.4 Å². The summed E-state index contributed by atoms with van der Waals surface area (Å²) in [5.41, 5.74) is 1.87. The SMILES string of the molecule is O=C1OCCN1c1cccc(CNC(=S)NCc2ccco2)c1. The highest BCUT2D eigenvalue weighted by atomic mass is 32.1. The lowest BCUT2D eigenvalue weighted by Gasteiger charge is -2.14. The zero-order valence-corrected chi connectivity index (χ0v) is 13.3. The van der Waals surface area contributed by atoms with Crippen molar-refractivity contribution in [2.75, 3.05) is 18.1 Å². The van der Waals surface area contributed by atoms with Gasteiger partial charge in [-0.1, -0.05) is 12.1 Å². The minimum absolute atomic E-state index is 0.300. The molecule has 6 nitrogen and oxygen atoms in total. The van der Waals surface area contributed by atoms with Crippen LogP contribution in [0.15, 0.2) is 47.1 Å². The number of hydrogen-bond donors (Lipinski definition) is 2. The molecule has 2 heterocycles. The van der Waals surface area contributed by atoms with Gasteiger partial charge < -0.3 is 19.8 Å². The lowest BCUT2D eigenvalue weighted by molar-refractivity contribution is 0.181. The predicted octanol–water partition coefficient (Wildman–Crippen LogP) is 2.40. The fraction of sp³-hybridized carbons (Fsp3) is 0.250. The number of nitrogens with zero attached hydrogens (tertiary/aromatic N) is 1. The molecule has 2 N–H and O–H groups in total. The van der Waals surface area contributed by atoms with Crippen molar-refractivity contribution in [3.8, 4) is 0 Å². The zero-order valence-electron chi connectivity index (χ0n) is 12.5. The molecule has 0 unspecified atom stereocenters. The molecule has 1 aliphatic heterocycles. The second-order valence-electron chi connectivity index (χ2n) is 5.05. The molecule has 1 aliphatic rings. The first-order valence-corrected chi connectivity index (χ1v) is 7.70. The van der Waals surface area contributed by atoms with Gasteiger partial charge in [-0.15, -0.1) is 0 Å². The molecule has 0 saturated carbocycles. The van der Waals surface area contributed by atoms with Gasteiger partial charge in [0.15, 0.2) is 5.11 Å². The predicted molar refractivity (Wildman–Crippen MR) is 90.1 cm³/mol. The number of hydrogen-bond acceptors (Lipinski definition) is 4. The topological polar surface area (TPSA) is 66.7 Å². The van der Waals surface area contributed by atoms with E-state index in [9.17, 15) is 4.79 Å². The number of ether oxygens (including phenoxy) is 1. The summed E-state index contributed by atoms with van der Waals surface area (Å²) in [6.45, 7) is 2.13. The molecule has 2 aromatic rings. The Kier molecular flexibility index (Phi) is 4.77. The lowest BCUT2D eigenvalue weighted by Crippen LogP contribution is -2.34. The molecule has 0 aliphatic carbocycles. The largest absolute Gasteiger partial charge is 0.467 e. The smallest absolute Gasteiger partial charge is 0.414 e. The van der Waals surface area contributed by atoms with Crippen molar-refractivity contribution in [2.24, 2.45) is 0 Å². The Labute approximate surface area is 139 Å². The van der Waals surface area contributed by atoms with Crippen molar-refractivity contribution in [2.45, 2.75) is 13.1 Å². The number of anilines is 1. The summed E-state index contributed by atoms with van der Waals surface area (Å²) in [7, 11) is 0. The number of benzene rings is 1. The zero-order chi connectivity index (χ0) is 16.1. The van der Waals surface area contributed by atoms with Crippen LogP contribution in [0.25, 0.3) is 0 Å². The van der Waals surface area contributed by atoms with E-state index in [1.807, 2.05) is 36.4 Å². The third-order valence-electron chi connectivity index (χ3n) is 3.44. The molecule has 0 spiro atoms. The van der Waals surface area contributed by atoms with Gasteiger partial charge in [-0.05, 0) is 42.0 Å². The molecule has 23 heavy (non-hydrogen) atoms. The molecular weight excluding hydrogens is 314 g/mol. The third-order valence-corrected chi connectivity index (χ3v) is 3.73. The number of thiocarbonyl (C=S) groups is 1. The van der Waals surface area contributed by atoms with Crippen LogP contribution in [-0.2, 0) is 17.8 Å². The second-order valence-corrected chi connectivity index (χ2v) is 5.46. The molecule has 0 radical (unpaired) electrons. The maximum Gasteiger partial charge on any atom is 0.414 e. The van der Waals surface area contributed by atoms with Crippen LogP contribution in [0.5, 0.6) is 0 Å².